The second-order valence-electron chi connectivity index (χ2n) is 7.96. The van der Waals surface area contributed by atoms with Gasteiger partial charge in [0.2, 0.25) is 5.91 Å². The van der Waals surface area contributed by atoms with E-state index in [1.165, 1.54) is 19.3 Å². The first kappa shape index (κ1) is 15.7. The van der Waals surface area contributed by atoms with Gasteiger partial charge in [-0.15, -0.1) is 0 Å². The Balaban J connectivity index is 1.59. The van der Waals surface area contributed by atoms with E-state index in [0.717, 1.165) is 43.3 Å². The molecule has 0 spiro atoms. The standard InChI is InChI=1S/C20H25NO3/c1-2-24-18-4-3-13(12-22)8-17(18)21-19(23)20-9-14-5-15(10-20)7-16(6-14)11-20/h3-4,8,12,14-16H,2,5-7,9-11H2,1H3,(H,21,23). The highest BCUT2D eigenvalue weighted by molar-refractivity contribution is 5.97. The summed E-state index contributed by atoms with van der Waals surface area (Å²) in [6.07, 6.45) is 7.84. The first-order chi connectivity index (χ1) is 11.6. The van der Waals surface area contributed by atoms with Crippen LogP contribution in [0.1, 0.15) is 55.8 Å². The lowest BCUT2D eigenvalue weighted by Gasteiger charge is -2.55. The molecule has 4 aliphatic carbocycles. The third kappa shape index (κ3) is 2.62. The molecular formula is C20H25NO3. The molecule has 5 rings (SSSR count). The predicted octanol–water partition coefficient (Wildman–Crippen LogP) is 4.05. The number of nitrogens with one attached hydrogen (secondary N) is 1. The maximum atomic E-state index is 13.2. The van der Waals surface area contributed by atoms with Crippen LogP contribution in [0.15, 0.2) is 18.2 Å². The second kappa shape index (κ2) is 5.91. The Kier molecular flexibility index (Phi) is 3.86. The van der Waals surface area contributed by atoms with Crippen molar-refractivity contribution in [3.8, 4) is 5.75 Å². The maximum absolute atomic E-state index is 13.2. The summed E-state index contributed by atoms with van der Waals surface area (Å²) < 4.78 is 5.63. The summed E-state index contributed by atoms with van der Waals surface area (Å²) in [6.45, 7) is 2.44. The van der Waals surface area contributed by atoms with E-state index in [1.54, 1.807) is 18.2 Å². The highest BCUT2D eigenvalue weighted by Gasteiger charge is 2.54. The maximum Gasteiger partial charge on any atom is 0.230 e. The van der Waals surface area contributed by atoms with Gasteiger partial charge in [-0.2, -0.15) is 0 Å². The summed E-state index contributed by atoms with van der Waals surface area (Å²) in [4.78, 5) is 24.2. The molecular weight excluding hydrogens is 302 g/mol. The van der Waals surface area contributed by atoms with Gasteiger partial charge >= 0.3 is 0 Å². The van der Waals surface area contributed by atoms with E-state index < -0.39 is 0 Å². The molecule has 0 atom stereocenters. The summed E-state index contributed by atoms with van der Waals surface area (Å²) >= 11 is 0. The highest BCUT2D eigenvalue weighted by atomic mass is 16.5. The number of hydrogen-bond donors (Lipinski definition) is 1. The zero-order valence-electron chi connectivity index (χ0n) is 14.2. The van der Waals surface area contributed by atoms with E-state index in [4.69, 9.17) is 4.74 Å². The number of carbonyl (C=O) groups excluding carboxylic acids is 2. The first-order valence-electron chi connectivity index (χ1n) is 9.15. The molecule has 4 fully saturated rings. The van der Waals surface area contributed by atoms with Crippen LogP contribution in [0.5, 0.6) is 5.75 Å². The van der Waals surface area contributed by atoms with Gasteiger partial charge in [0.05, 0.1) is 17.7 Å². The van der Waals surface area contributed by atoms with Crippen LogP contribution in [0.3, 0.4) is 0 Å². The van der Waals surface area contributed by atoms with Gasteiger partial charge in [0.15, 0.2) is 0 Å². The number of hydrogen-bond acceptors (Lipinski definition) is 3. The van der Waals surface area contributed by atoms with Crippen LogP contribution >= 0.6 is 0 Å². The number of benzene rings is 1. The Morgan fingerprint density at radius 3 is 2.38 bits per heavy atom. The number of anilines is 1. The fourth-order valence-electron chi connectivity index (χ4n) is 5.64. The van der Waals surface area contributed by atoms with E-state index >= 15 is 0 Å². The monoisotopic (exact) mass is 327 g/mol. The number of aldehydes is 1. The van der Waals surface area contributed by atoms with Crippen molar-refractivity contribution in [2.45, 2.75) is 45.4 Å². The van der Waals surface area contributed by atoms with Crippen LogP contribution in [0, 0.1) is 23.2 Å². The van der Waals surface area contributed by atoms with E-state index in [1.807, 2.05) is 6.92 Å². The minimum Gasteiger partial charge on any atom is -0.492 e. The molecule has 0 unspecified atom stereocenters. The van der Waals surface area contributed by atoms with Crippen LogP contribution in [0.4, 0.5) is 5.69 Å². The third-order valence-electron chi connectivity index (χ3n) is 6.21. The highest BCUT2D eigenvalue weighted by Crippen LogP contribution is 2.60. The molecule has 1 aromatic rings. The average molecular weight is 327 g/mol. The normalized spacial score (nSPS) is 33.3. The zero-order valence-corrected chi connectivity index (χ0v) is 14.2. The minimum absolute atomic E-state index is 0.130. The molecule has 0 radical (unpaired) electrons. The third-order valence-corrected chi connectivity index (χ3v) is 6.21. The van der Waals surface area contributed by atoms with E-state index in [0.29, 0.717) is 23.6 Å². The Morgan fingerprint density at radius 2 is 1.83 bits per heavy atom. The van der Waals surface area contributed by atoms with Crippen LogP contribution in [0.2, 0.25) is 0 Å². The van der Waals surface area contributed by atoms with Crippen LogP contribution in [-0.4, -0.2) is 18.8 Å². The molecule has 0 aromatic heterocycles. The molecule has 4 bridgehead atoms. The van der Waals surface area contributed by atoms with E-state index in [9.17, 15) is 9.59 Å². The van der Waals surface area contributed by atoms with Crippen molar-refractivity contribution >= 4 is 17.9 Å². The van der Waals surface area contributed by atoms with Crippen molar-refractivity contribution in [3.63, 3.8) is 0 Å². The fraction of sp³-hybridized carbons (Fsp3) is 0.600. The lowest BCUT2D eigenvalue weighted by Crippen LogP contribution is -2.51. The quantitative estimate of drug-likeness (QED) is 0.830. The van der Waals surface area contributed by atoms with Crippen LogP contribution in [0.25, 0.3) is 0 Å². The zero-order chi connectivity index (χ0) is 16.7. The average Bonchev–Trinajstić information content (AvgIpc) is 2.55. The lowest BCUT2D eigenvalue weighted by atomic mass is 9.49. The number of rotatable bonds is 5. The largest absolute Gasteiger partial charge is 0.492 e. The first-order valence-corrected chi connectivity index (χ1v) is 9.15. The van der Waals surface area contributed by atoms with Crippen molar-refractivity contribution < 1.29 is 14.3 Å². The summed E-state index contributed by atoms with van der Waals surface area (Å²) in [5, 5.41) is 3.10. The predicted molar refractivity (Wildman–Crippen MR) is 92.2 cm³/mol. The molecule has 4 saturated carbocycles. The molecule has 0 aliphatic heterocycles. The number of ether oxygens (including phenoxy) is 1. The van der Waals surface area contributed by atoms with Crippen molar-refractivity contribution in [2.24, 2.45) is 23.2 Å². The molecule has 128 valence electrons. The molecule has 1 aromatic carbocycles. The smallest absolute Gasteiger partial charge is 0.230 e. The topological polar surface area (TPSA) is 55.4 Å². The van der Waals surface area contributed by atoms with Gasteiger partial charge in [-0.1, -0.05) is 0 Å². The molecule has 4 heteroatoms. The summed E-state index contributed by atoms with van der Waals surface area (Å²) in [5.74, 6) is 2.96. The van der Waals surface area contributed by atoms with Gasteiger partial charge in [0.25, 0.3) is 0 Å². The SMILES string of the molecule is CCOc1ccc(C=O)cc1NC(=O)C12CC3CC(CC(C3)C1)C2. The second-order valence-corrected chi connectivity index (χ2v) is 7.96. The van der Waals surface area contributed by atoms with Crippen molar-refractivity contribution in [2.75, 3.05) is 11.9 Å². The molecule has 24 heavy (non-hydrogen) atoms. The Hall–Kier alpha value is -1.84. The van der Waals surface area contributed by atoms with Gasteiger partial charge in [-0.05, 0) is 81.4 Å². The van der Waals surface area contributed by atoms with E-state index in [-0.39, 0.29) is 11.3 Å². The fourth-order valence-corrected chi connectivity index (χ4v) is 5.64. The van der Waals surface area contributed by atoms with Crippen LogP contribution < -0.4 is 10.1 Å². The number of amides is 1. The van der Waals surface area contributed by atoms with Crippen molar-refractivity contribution in [1.82, 2.24) is 0 Å². The number of carbonyl (C=O) groups is 2. The Labute approximate surface area is 143 Å². The van der Waals surface area contributed by atoms with Crippen molar-refractivity contribution in [3.05, 3.63) is 23.8 Å². The molecule has 4 aliphatic rings. The molecule has 0 saturated heterocycles. The van der Waals surface area contributed by atoms with Gasteiger partial charge in [0, 0.05) is 5.56 Å². The molecule has 4 nitrogen and oxygen atoms in total. The molecule has 1 N–H and O–H groups in total. The summed E-state index contributed by atoms with van der Waals surface area (Å²) in [7, 11) is 0. The summed E-state index contributed by atoms with van der Waals surface area (Å²) in [5.41, 5.74) is 0.983. The Bertz CT molecular complexity index is 632. The Morgan fingerprint density at radius 1 is 1.21 bits per heavy atom. The lowest BCUT2D eigenvalue weighted by molar-refractivity contribution is -0.140. The van der Waals surface area contributed by atoms with Crippen molar-refractivity contribution in [1.29, 1.82) is 0 Å². The molecule has 1 amide bonds. The summed E-state index contributed by atoms with van der Waals surface area (Å²) in [6, 6.07) is 5.21. The minimum atomic E-state index is -0.199. The van der Waals surface area contributed by atoms with Gasteiger partial charge in [-0.25, -0.2) is 0 Å². The van der Waals surface area contributed by atoms with E-state index in [2.05, 4.69) is 5.32 Å². The van der Waals surface area contributed by atoms with Gasteiger partial charge < -0.3 is 10.1 Å². The van der Waals surface area contributed by atoms with Gasteiger partial charge in [-0.3, -0.25) is 9.59 Å². The van der Waals surface area contributed by atoms with Crippen LogP contribution in [-0.2, 0) is 4.79 Å². The van der Waals surface area contributed by atoms with Gasteiger partial charge in [0.1, 0.15) is 12.0 Å². The molecule has 0 heterocycles.